The first-order valence-corrected chi connectivity index (χ1v) is 7.33. The van der Waals surface area contributed by atoms with E-state index in [0.29, 0.717) is 21.7 Å². The molecule has 0 bridgehead atoms. The Hall–Kier alpha value is -0.620. The molecule has 3 unspecified atom stereocenters. The molecule has 3 atom stereocenters. The van der Waals surface area contributed by atoms with Gasteiger partial charge in [0.2, 0.25) is 0 Å². The largest absolute Gasteiger partial charge is 0.376 e. The van der Waals surface area contributed by atoms with E-state index in [-0.39, 0.29) is 24.1 Å². The summed E-state index contributed by atoms with van der Waals surface area (Å²) in [6.45, 7) is 2.55. The lowest BCUT2D eigenvalue weighted by molar-refractivity contribution is -0.0300. The Balaban J connectivity index is 2.02. The van der Waals surface area contributed by atoms with Crippen LogP contribution in [0, 0.1) is 0 Å². The molecule has 19 heavy (non-hydrogen) atoms. The summed E-state index contributed by atoms with van der Waals surface area (Å²) in [5, 5.41) is 3.48. The van der Waals surface area contributed by atoms with Crippen LogP contribution in [0.15, 0.2) is 22.7 Å². The lowest BCUT2D eigenvalue weighted by atomic mass is 9.83. The number of carbonyl (C=O) groups excluding carboxylic acids is 1. The molecule has 1 fully saturated rings. The molecule has 104 valence electrons. The van der Waals surface area contributed by atoms with Crippen molar-refractivity contribution in [2.75, 3.05) is 6.61 Å². The summed E-state index contributed by atoms with van der Waals surface area (Å²) in [7, 11) is 0. The molecule has 1 aliphatic rings. The van der Waals surface area contributed by atoms with Crippen LogP contribution in [0.3, 0.4) is 0 Å². The fourth-order valence-electron chi connectivity index (χ4n) is 2.10. The van der Waals surface area contributed by atoms with Gasteiger partial charge in [-0.25, -0.2) is 0 Å². The maximum Gasteiger partial charge on any atom is 0.251 e. The number of nitrogens with two attached hydrogens (primary N) is 1. The molecule has 0 spiro atoms. The van der Waals surface area contributed by atoms with Gasteiger partial charge in [-0.05, 0) is 47.5 Å². The van der Waals surface area contributed by atoms with E-state index in [4.69, 9.17) is 22.1 Å². The van der Waals surface area contributed by atoms with Crippen LogP contribution in [0.5, 0.6) is 0 Å². The number of benzene rings is 1. The van der Waals surface area contributed by atoms with E-state index in [1.165, 1.54) is 0 Å². The molecule has 0 saturated heterocycles. The van der Waals surface area contributed by atoms with Gasteiger partial charge in [-0.2, -0.15) is 0 Å². The summed E-state index contributed by atoms with van der Waals surface area (Å²) in [6, 6.07) is 4.89. The summed E-state index contributed by atoms with van der Waals surface area (Å²) in [6.07, 6.45) is 0.794. The zero-order valence-electron chi connectivity index (χ0n) is 10.5. The third-order valence-corrected chi connectivity index (χ3v) is 4.44. The van der Waals surface area contributed by atoms with Crippen molar-refractivity contribution in [1.82, 2.24) is 5.32 Å². The summed E-state index contributed by atoms with van der Waals surface area (Å²) in [5.41, 5.74) is 6.45. The second-order valence-corrected chi connectivity index (χ2v) is 5.78. The van der Waals surface area contributed by atoms with Crippen molar-refractivity contribution in [2.45, 2.75) is 31.5 Å². The average molecular weight is 348 g/mol. The van der Waals surface area contributed by atoms with Crippen LogP contribution in [-0.4, -0.2) is 30.7 Å². The fourth-order valence-corrected chi connectivity index (χ4v) is 2.60. The maximum absolute atomic E-state index is 12.1. The molecule has 6 heteroatoms. The van der Waals surface area contributed by atoms with E-state index in [9.17, 15) is 4.79 Å². The van der Waals surface area contributed by atoms with Crippen molar-refractivity contribution in [2.24, 2.45) is 5.73 Å². The molecule has 1 amide bonds. The highest BCUT2D eigenvalue weighted by Crippen LogP contribution is 2.25. The van der Waals surface area contributed by atoms with E-state index in [1.54, 1.807) is 18.2 Å². The Bertz CT molecular complexity index is 482. The molecule has 4 nitrogen and oxygen atoms in total. The van der Waals surface area contributed by atoms with Gasteiger partial charge < -0.3 is 15.8 Å². The second kappa shape index (κ2) is 6.22. The number of hydrogen-bond donors (Lipinski definition) is 2. The van der Waals surface area contributed by atoms with Gasteiger partial charge in [0, 0.05) is 22.7 Å². The first-order chi connectivity index (χ1) is 9.02. The number of hydrogen-bond acceptors (Lipinski definition) is 3. The van der Waals surface area contributed by atoms with Crippen molar-refractivity contribution < 1.29 is 9.53 Å². The molecular weight excluding hydrogens is 332 g/mol. The summed E-state index contributed by atoms with van der Waals surface area (Å²) in [5.74, 6) is -0.165. The number of carbonyl (C=O) groups is 1. The quantitative estimate of drug-likeness (QED) is 0.878. The van der Waals surface area contributed by atoms with E-state index < -0.39 is 0 Å². The minimum absolute atomic E-state index is 0.0136. The lowest BCUT2D eigenvalue weighted by Gasteiger charge is -2.42. The lowest BCUT2D eigenvalue weighted by Crippen LogP contribution is -2.64. The Morgan fingerprint density at radius 1 is 1.63 bits per heavy atom. The van der Waals surface area contributed by atoms with Crippen molar-refractivity contribution >= 4 is 33.4 Å². The van der Waals surface area contributed by atoms with E-state index in [0.717, 1.165) is 6.42 Å². The van der Waals surface area contributed by atoms with Gasteiger partial charge >= 0.3 is 0 Å². The SMILES string of the molecule is CCOC1CC(N)C1NC(=O)c1ccc(Cl)c(Br)c1. The van der Waals surface area contributed by atoms with Gasteiger partial charge in [0.1, 0.15) is 0 Å². The topological polar surface area (TPSA) is 64.3 Å². The smallest absolute Gasteiger partial charge is 0.251 e. The van der Waals surface area contributed by atoms with Crippen molar-refractivity contribution in [3.8, 4) is 0 Å². The van der Waals surface area contributed by atoms with Crippen molar-refractivity contribution in [1.29, 1.82) is 0 Å². The molecule has 1 aliphatic carbocycles. The number of halogens is 2. The van der Waals surface area contributed by atoms with Crippen LogP contribution < -0.4 is 11.1 Å². The summed E-state index contributed by atoms with van der Waals surface area (Å²) >= 11 is 9.20. The maximum atomic E-state index is 12.1. The van der Waals surface area contributed by atoms with Crippen LogP contribution in [-0.2, 0) is 4.74 Å². The molecule has 0 aromatic heterocycles. The zero-order chi connectivity index (χ0) is 14.0. The monoisotopic (exact) mass is 346 g/mol. The minimum atomic E-state index is -0.165. The summed E-state index contributed by atoms with van der Waals surface area (Å²) in [4.78, 5) is 12.1. The van der Waals surface area contributed by atoms with E-state index in [1.807, 2.05) is 6.92 Å². The van der Waals surface area contributed by atoms with Gasteiger partial charge in [0.15, 0.2) is 0 Å². The van der Waals surface area contributed by atoms with Crippen LogP contribution in [0.1, 0.15) is 23.7 Å². The van der Waals surface area contributed by atoms with Gasteiger partial charge in [-0.15, -0.1) is 0 Å². The van der Waals surface area contributed by atoms with Crippen molar-refractivity contribution in [3.05, 3.63) is 33.3 Å². The summed E-state index contributed by atoms with van der Waals surface area (Å²) < 4.78 is 6.21. The predicted molar refractivity (Wildman–Crippen MR) is 78.4 cm³/mol. The van der Waals surface area contributed by atoms with Crippen LogP contribution in [0.2, 0.25) is 5.02 Å². The molecular formula is C13H16BrClN2O2. The molecule has 0 radical (unpaired) electrons. The second-order valence-electron chi connectivity index (χ2n) is 4.52. The normalized spacial score (nSPS) is 25.8. The molecule has 0 heterocycles. The highest BCUT2D eigenvalue weighted by Gasteiger charge is 2.40. The Morgan fingerprint density at radius 3 is 2.95 bits per heavy atom. The van der Waals surface area contributed by atoms with E-state index in [2.05, 4.69) is 21.2 Å². The van der Waals surface area contributed by atoms with Gasteiger partial charge in [0.05, 0.1) is 17.2 Å². The van der Waals surface area contributed by atoms with E-state index >= 15 is 0 Å². The Labute approximate surface area is 125 Å². The highest BCUT2D eigenvalue weighted by molar-refractivity contribution is 9.10. The van der Waals surface area contributed by atoms with Crippen LogP contribution in [0.25, 0.3) is 0 Å². The third-order valence-electron chi connectivity index (χ3n) is 3.23. The van der Waals surface area contributed by atoms with Crippen LogP contribution >= 0.6 is 27.5 Å². The highest BCUT2D eigenvalue weighted by atomic mass is 79.9. The molecule has 1 saturated carbocycles. The van der Waals surface area contributed by atoms with Gasteiger partial charge in [0.25, 0.3) is 5.91 Å². The number of nitrogens with one attached hydrogen (secondary N) is 1. The van der Waals surface area contributed by atoms with Crippen LogP contribution in [0.4, 0.5) is 0 Å². The van der Waals surface area contributed by atoms with Crippen molar-refractivity contribution in [3.63, 3.8) is 0 Å². The standard InChI is InChI=1S/C13H16BrClN2O2/c1-2-19-11-6-10(16)12(11)17-13(18)7-3-4-9(15)8(14)5-7/h3-5,10-12H,2,6,16H2,1H3,(H,17,18). The van der Waals surface area contributed by atoms with Gasteiger partial charge in [-0.3, -0.25) is 4.79 Å². The number of rotatable bonds is 4. The predicted octanol–water partition coefficient (Wildman–Crippen LogP) is 2.34. The number of amides is 1. The first-order valence-electron chi connectivity index (χ1n) is 6.16. The average Bonchev–Trinajstić information content (AvgIpc) is 2.38. The number of ether oxygens (including phenoxy) is 1. The minimum Gasteiger partial charge on any atom is -0.376 e. The fraction of sp³-hybridized carbons (Fsp3) is 0.462. The molecule has 3 N–H and O–H groups in total. The Kier molecular flexibility index (Phi) is 4.84. The Morgan fingerprint density at radius 2 is 2.37 bits per heavy atom. The first kappa shape index (κ1) is 14.8. The molecule has 2 rings (SSSR count). The molecule has 0 aliphatic heterocycles. The van der Waals surface area contributed by atoms with Gasteiger partial charge in [-0.1, -0.05) is 11.6 Å². The molecule has 1 aromatic rings. The third kappa shape index (κ3) is 3.28. The molecule has 1 aromatic carbocycles. The zero-order valence-corrected chi connectivity index (χ0v) is 12.9.